The molecule has 9 nitrogen and oxygen atoms in total. The summed E-state index contributed by atoms with van der Waals surface area (Å²) in [5, 5.41) is 0. The van der Waals surface area contributed by atoms with Gasteiger partial charge in [-0.1, -0.05) is 84.2 Å². The SMILES string of the molecule is C[N+](C)(CCn1c(=O)n(CC[N+](C)(C)Cc2ccc(Br)cc2)c(=O)n(CC[N+](C)(C)Cc2cccc(Br)c2)c1=O)Cc1ccc(Br)cc1. The topological polar surface area (TPSA) is 66.0 Å². The Bertz CT molecular complexity index is 1780. The lowest BCUT2D eigenvalue weighted by Crippen LogP contribution is -2.58. The number of aromatic nitrogens is 3. The molecule has 0 aliphatic heterocycles. The molecule has 0 aliphatic rings. The normalized spacial score (nSPS) is 12.4. The lowest BCUT2D eigenvalue weighted by Gasteiger charge is -2.31. The second-order valence-electron chi connectivity index (χ2n) is 14.6. The molecule has 0 amide bonds. The molecule has 4 aromatic rings. The van der Waals surface area contributed by atoms with Crippen LogP contribution in [0.3, 0.4) is 0 Å². The van der Waals surface area contributed by atoms with Gasteiger partial charge in [-0.25, -0.2) is 28.1 Å². The Morgan fingerprint density at radius 3 is 1.12 bits per heavy atom. The molecule has 0 radical (unpaired) electrons. The first-order valence-electron chi connectivity index (χ1n) is 16.1. The number of nitrogens with zero attached hydrogens (tertiary/aromatic N) is 6. The minimum absolute atomic E-state index is 0.202. The predicted molar refractivity (Wildman–Crippen MR) is 204 cm³/mol. The van der Waals surface area contributed by atoms with E-state index in [-0.39, 0.29) is 19.6 Å². The molecular formula is C36H48Br3N6O3+3. The molecule has 0 atom stereocenters. The highest BCUT2D eigenvalue weighted by molar-refractivity contribution is 9.11. The van der Waals surface area contributed by atoms with Gasteiger partial charge in [-0.15, -0.1) is 0 Å². The fourth-order valence-electron chi connectivity index (χ4n) is 5.90. The van der Waals surface area contributed by atoms with E-state index in [0.29, 0.717) is 33.1 Å². The van der Waals surface area contributed by atoms with Crippen molar-refractivity contribution in [1.29, 1.82) is 0 Å². The number of quaternary nitrogens is 3. The third-order valence-electron chi connectivity index (χ3n) is 8.72. The fourth-order valence-corrected chi connectivity index (χ4v) is 6.88. The molecule has 48 heavy (non-hydrogen) atoms. The maximum absolute atomic E-state index is 13.9. The second-order valence-corrected chi connectivity index (χ2v) is 17.4. The Morgan fingerprint density at radius 1 is 0.458 bits per heavy atom. The van der Waals surface area contributed by atoms with Gasteiger partial charge in [0.15, 0.2) is 0 Å². The van der Waals surface area contributed by atoms with Crippen LogP contribution in [-0.4, -0.2) is 89.1 Å². The fraction of sp³-hybridized carbons (Fsp3) is 0.417. The number of hydrogen-bond donors (Lipinski definition) is 0. The first kappa shape index (κ1) is 38.2. The zero-order chi connectivity index (χ0) is 35.3. The van der Waals surface area contributed by atoms with Crippen LogP contribution in [-0.2, 0) is 39.3 Å². The maximum atomic E-state index is 13.9. The van der Waals surface area contributed by atoms with Crippen molar-refractivity contribution < 1.29 is 13.4 Å². The molecular weight excluding hydrogens is 804 g/mol. The average molecular weight is 853 g/mol. The van der Waals surface area contributed by atoms with Crippen molar-refractivity contribution >= 4 is 47.8 Å². The van der Waals surface area contributed by atoms with Crippen molar-refractivity contribution in [3.05, 3.63) is 134 Å². The van der Waals surface area contributed by atoms with E-state index in [0.717, 1.165) is 49.7 Å². The zero-order valence-electron chi connectivity index (χ0n) is 28.8. The van der Waals surface area contributed by atoms with Gasteiger partial charge < -0.3 is 13.4 Å². The van der Waals surface area contributed by atoms with Crippen molar-refractivity contribution in [3.63, 3.8) is 0 Å². The lowest BCUT2D eigenvalue weighted by molar-refractivity contribution is -0.904. The first-order chi connectivity index (χ1) is 22.4. The number of hydrogen-bond acceptors (Lipinski definition) is 3. The summed E-state index contributed by atoms with van der Waals surface area (Å²) in [6.45, 7) is 4.42. The van der Waals surface area contributed by atoms with Crippen LogP contribution in [0.2, 0.25) is 0 Å². The third-order valence-corrected chi connectivity index (χ3v) is 10.3. The van der Waals surface area contributed by atoms with Crippen LogP contribution in [0.25, 0.3) is 0 Å². The van der Waals surface area contributed by atoms with Gasteiger partial charge in [-0.05, 0) is 36.4 Å². The van der Waals surface area contributed by atoms with E-state index in [1.54, 1.807) is 0 Å². The van der Waals surface area contributed by atoms with Crippen molar-refractivity contribution in [2.24, 2.45) is 0 Å². The monoisotopic (exact) mass is 849 g/mol. The smallest absolute Gasteiger partial charge is 0.323 e. The molecule has 3 aromatic carbocycles. The van der Waals surface area contributed by atoms with Crippen LogP contribution in [0.1, 0.15) is 16.7 Å². The molecule has 0 bridgehead atoms. The first-order valence-corrected chi connectivity index (χ1v) is 18.5. The van der Waals surface area contributed by atoms with E-state index in [9.17, 15) is 14.4 Å². The quantitative estimate of drug-likeness (QED) is 0.153. The molecule has 258 valence electrons. The van der Waals surface area contributed by atoms with Crippen molar-refractivity contribution in [3.8, 4) is 0 Å². The molecule has 0 saturated heterocycles. The summed E-state index contributed by atoms with van der Waals surface area (Å²) in [6.07, 6.45) is 0. The minimum atomic E-state index is -0.545. The van der Waals surface area contributed by atoms with E-state index in [4.69, 9.17) is 0 Å². The van der Waals surface area contributed by atoms with Crippen molar-refractivity contribution in [2.75, 3.05) is 61.9 Å². The standard InChI is InChI=1S/C36H48Br3N6O3/c1-43(2,25-28-10-14-31(37)15-11-28)21-18-40-34(46)41(19-22-44(3,4)26-29-12-16-32(38)17-13-29)36(48)42(35(40)47)20-23-45(5,6)27-30-8-7-9-33(39)24-30/h7-17,24H,18-23,25-27H2,1-6H3/q+3. The summed E-state index contributed by atoms with van der Waals surface area (Å²) < 4.78 is 8.56. The summed E-state index contributed by atoms with van der Waals surface area (Å²) in [5.74, 6) is 0. The lowest BCUT2D eigenvalue weighted by atomic mass is 10.2. The predicted octanol–water partition coefficient (Wildman–Crippen LogP) is 5.29. The Balaban J connectivity index is 1.62. The van der Waals surface area contributed by atoms with Gasteiger partial charge in [0.1, 0.15) is 19.6 Å². The molecule has 12 heteroatoms. The highest BCUT2D eigenvalue weighted by Gasteiger charge is 2.25. The Hall–Kier alpha value is -2.61. The van der Waals surface area contributed by atoms with Gasteiger partial charge in [0.2, 0.25) is 0 Å². The molecule has 0 saturated carbocycles. The van der Waals surface area contributed by atoms with Gasteiger partial charge in [0.05, 0.1) is 81.6 Å². The van der Waals surface area contributed by atoms with Crippen LogP contribution >= 0.6 is 47.8 Å². The van der Waals surface area contributed by atoms with E-state index in [1.165, 1.54) is 13.7 Å². The highest BCUT2D eigenvalue weighted by atomic mass is 79.9. The summed E-state index contributed by atoms with van der Waals surface area (Å²) in [5.41, 5.74) is 1.84. The summed E-state index contributed by atoms with van der Waals surface area (Å²) in [7, 11) is 12.5. The molecule has 1 aromatic heterocycles. The average Bonchev–Trinajstić information content (AvgIpc) is 2.98. The van der Waals surface area contributed by atoms with Gasteiger partial charge in [0.25, 0.3) is 0 Å². The number of benzene rings is 3. The van der Waals surface area contributed by atoms with Gasteiger partial charge in [-0.2, -0.15) is 0 Å². The van der Waals surface area contributed by atoms with Gasteiger partial charge in [-0.3, -0.25) is 0 Å². The number of rotatable bonds is 15. The van der Waals surface area contributed by atoms with Gasteiger partial charge >= 0.3 is 17.1 Å². The Labute approximate surface area is 308 Å². The summed E-state index contributed by atoms with van der Waals surface area (Å²) in [4.78, 5) is 41.8. The van der Waals surface area contributed by atoms with E-state index in [1.807, 2.05) is 36.4 Å². The van der Waals surface area contributed by atoms with Crippen LogP contribution in [0, 0.1) is 0 Å². The van der Waals surface area contributed by atoms with E-state index in [2.05, 4.69) is 126 Å². The summed E-state index contributed by atoms with van der Waals surface area (Å²) in [6, 6.07) is 24.5. The third kappa shape index (κ3) is 10.9. The zero-order valence-corrected chi connectivity index (χ0v) is 33.6. The molecule has 0 unspecified atom stereocenters. The van der Waals surface area contributed by atoms with Gasteiger partial charge in [0, 0.05) is 30.1 Å². The summed E-state index contributed by atoms with van der Waals surface area (Å²) >= 11 is 10.5. The van der Waals surface area contributed by atoms with Crippen LogP contribution in [0.4, 0.5) is 0 Å². The maximum Gasteiger partial charge on any atom is 0.336 e. The molecule has 0 aliphatic carbocycles. The Morgan fingerprint density at radius 2 is 0.792 bits per heavy atom. The molecule has 4 rings (SSSR count). The molecule has 1 heterocycles. The van der Waals surface area contributed by atoms with Crippen molar-refractivity contribution in [2.45, 2.75) is 39.3 Å². The number of likely N-dealkylation sites (N-methyl/N-ethyl adjacent to an activating group) is 3. The minimum Gasteiger partial charge on any atom is -0.323 e. The van der Waals surface area contributed by atoms with E-state index < -0.39 is 17.1 Å². The van der Waals surface area contributed by atoms with E-state index >= 15 is 0 Å². The number of halogens is 3. The van der Waals surface area contributed by atoms with Crippen LogP contribution < -0.4 is 17.1 Å². The van der Waals surface area contributed by atoms with Crippen LogP contribution in [0.15, 0.2) is 101 Å². The molecule has 0 N–H and O–H groups in total. The molecule has 0 fully saturated rings. The molecule has 0 spiro atoms. The largest absolute Gasteiger partial charge is 0.336 e. The Kier molecular flexibility index (Phi) is 12.7. The van der Waals surface area contributed by atoms with Crippen LogP contribution in [0.5, 0.6) is 0 Å². The second kappa shape index (κ2) is 15.9. The highest BCUT2D eigenvalue weighted by Crippen LogP contribution is 2.17. The van der Waals surface area contributed by atoms with Crippen molar-refractivity contribution in [1.82, 2.24) is 13.7 Å².